The molecule has 9 heteroatoms. The van der Waals surface area contributed by atoms with E-state index in [1.54, 1.807) is 39.2 Å². The van der Waals surface area contributed by atoms with E-state index < -0.39 is 5.97 Å². The van der Waals surface area contributed by atoms with Crippen molar-refractivity contribution in [2.24, 2.45) is 0 Å². The van der Waals surface area contributed by atoms with Crippen LogP contribution in [0.25, 0.3) is 0 Å². The first-order valence-electron chi connectivity index (χ1n) is 9.68. The van der Waals surface area contributed by atoms with Gasteiger partial charge in [0.1, 0.15) is 5.00 Å². The second kappa shape index (κ2) is 9.49. The first-order chi connectivity index (χ1) is 14.3. The van der Waals surface area contributed by atoms with Crippen molar-refractivity contribution in [3.63, 3.8) is 0 Å². The third-order valence-electron chi connectivity index (χ3n) is 4.71. The third kappa shape index (κ3) is 4.76. The molecule has 2 amide bonds. The molecule has 0 fully saturated rings. The molecule has 1 heterocycles. The van der Waals surface area contributed by atoms with Crippen LogP contribution in [0.2, 0.25) is 5.02 Å². The van der Waals surface area contributed by atoms with Gasteiger partial charge in [-0.25, -0.2) is 4.79 Å². The number of amides is 2. The number of aryl methyl sites for hydroxylation is 1. The van der Waals surface area contributed by atoms with Gasteiger partial charge in [0.25, 0.3) is 5.91 Å². The zero-order chi connectivity index (χ0) is 21.8. The number of halogens is 1. The van der Waals surface area contributed by atoms with E-state index in [0.717, 1.165) is 29.7 Å². The lowest BCUT2D eigenvalue weighted by atomic mass is 10.1. The van der Waals surface area contributed by atoms with Gasteiger partial charge in [-0.05, 0) is 49.9 Å². The van der Waals surface area contributed by atoms with Crippen LogP contribution in [-0.2, 0) is 22.4 Å². The molecular weight excluding hydrogens is 426 g/mol. The topological polar surface area (TPSA) is 87.7 Å². The average molecular weight is 450 g/mol. The van der Waals surface area contributed by atoms with Gasteiger partial charge >= 0.3 is 5.97 Å². The Balaban J connectivity index is 1.74. The van der Waals surface area contributed by atoms with E-state index in [4.69, 9.17) is 16.3 Å². The van der Waals surface area contributed by atoms with E-state index in [0.29, 0.717) is 26.8 Å². The smallest absolute Gasteiger partial charge is 0.341 e. The highest BCUT2D eigenvalue weighted by Crippen LogP contribution is 2.39. The Morgan fingerprint density at radius 2 is 2.00 bits per heavy atom. The van der Waals surface area contributed by atoms with Crippen LogP contribution in [0.5, 0.6) is 0 Å². The van der Waals surface area contributed by atoms with E-state index in [-0.39, 0.29) is 25.0 Å². The van der Waals surface area contributed by atoms with Gasteiger partial charge in [0.2, 0.25) is 5.91 Å². The Morgan fingerprint density at radius 1 is 1.23 bits per heavy atom. The molecule has 0 bridgehead atoms. The van der Waals surface area contributed by atoms with E-state index in [2.05, 4.69) is 10.6 Å². The quantitative estimate of drug-likeness (QED) is 0.627. The molecule has 3 rings (SSSR count). The predicted octanol–water partition coefficient (Wildman–Crippen LogP) is 3.82. The summed E-state index contributed by atoms with van der Waals surface area (Å²) in [6, 6.07) is 4.85. The van der Waals surface area contributed by atoms with Gasteiger partial charge in [-0.3, -0.25) is 9.59 Å². The third-order valence-corrected chi connectivity index (χ3v) is 6.15. The lowest BCUT2D eigenvalue weighted by Crippen LogP contribution is -2.26. The molecule has 160 valence electrons. The Hall–Kier alpha value is -2.58. The highest BCUT2D eigenvalue weighted by atomic mass is 35.5. The summed E-state index contributed by atoms with van der Waals surface area (Å²) in [5.74, 6) is -0.939. The summed E-state index contributed by atoms with van der Waals surface area (Å²) in [6.07, 6.45) is 2.71. The minimum absolute atomic E-state index is 0.0844. The number of benzene rings is 1. The number of thiophene rings is 1. The van der Waals surface area contributed by atoms with E-state index in [1.165, 1.54) is 16.2 Å². The van der Waals surface area contributed by atoms with Gasteiger partial charge in [0.15, 0.2) is 0 Å². The van der Waals surface area contributed by atoms with Crippen LogP contribution in [0, 0.1) is 0 Å². The summed E-state index contributed by atoms with van der Waals surface area (Å²) in [6.45, 7) is 1.94. The number of hydrogen-bond acceptors (Lipinski definition) is 6. The zero-order valence-electron chi connectivity index (χ0n) is 17.1. The van der Waals surface area contributed by atoms with Crippen LogP contribution < -0.4 is 10.6 Å². The maximum absolute atomic E-state index is 12.6. The van der Waals surface area contributed by atoms with Crippen LogP contribution in [0.15, 0.2) is 18.2 Å². The molecule has 0 unspecified atom stereocenters. The average Bonchev–Trinajstić information content (AvgIpc) is 3.26. The van der Waals surface area contributed by atoms with Crippen molar-refractivity contribution < 1.29 is 19.1 Å². The van der Waals surface area contributed by atoms with Gasteiger partial charge < -0.3 is 20.3 Å². The summed E-state index contributed by atoms with van der Waals surface area (Å²) in [4.78, 5) is 40.0. The molecule has 1 aliphatic carbocycles. The number of fused-ring (bicyclic) bond motifs is 1. The maximum atomic E-state index is 12.6. The number of esters is 1. The Morgan fingerprint density at radius 3 is 2.70 bits per heavy atom. The molecular formula is C21H24ClN3O4S. The fraction of sp³-hybridized carbons (Fsp3) is 0.381. The number of anilines is 2. The maximum Gasteiger partial charge on any atom is 0.341 e. The molecule has 2 aromatic rings. The van der Waals surface area contributed by atoms with Crippen LogP contribution in [0.4, 0.5) is 10.7 Å². The number of ether oxygens (including phenoxy) is 1. The first-order valence-corrected chi connectivity index (χ1v) is 10.9. The summed E-state index contributed by atoms with van der Waals surface area (Å²) < 4.78 is 5.18. The largest absolute Gasteiger partial charge is 0.462 e. The van der Waals surface area contributed by atoms with Crippen molar-refractivity contribution >= 4 is 51.4 Å². The van der Waals surface area contributed by atoms with Gasteiger partial charge in [-0.15, -0.1) is 11.3 Å². The molecule has 7 nitrogen and oxygen atoms in total. The number of nitrogens with one attached hydrogen (secondary N) is 2. The van der Waals surface area contributed by atoms with Crippen molar-refractivity contribution in [2.75, 3.05) is 37.9 Å². The highest BCUT2D eigenvalue weighted by molar-refractivity contribution is 7.17. The molecule has 1 aromatic carbocycles. The van der Waals surface area contributed by atoms with Crippen molar-refractivity contribution in [3.8, 4) is 0 Å². The normalized spacial score (nSPS) is 12.3. The van der Waals surface area contributed by atoms with E-state index in [9.17, 15) is 14.4 Å². The van der Waals surface area contributed by atoms with Crippen molar-refractivity contribution in [1.29, 1.82) is 0 Å². The molecule has 1 aliphatic rings. The monoisotopic (exact) mass is 449 g/mol. The summed E-state index contributed by atoms with van der Waals surface area (Å²) in [5.41, 5.74) is 2.33. The number of hydrogen-bond donors (Lipinski definition) is 2. The Bertz CT molecular complexity index is 987. The van der Waals surface area contributed by atoms with Crippen LogP contribution >= 0.6 is 22.9 Å². The van der Waals surface area contributed by atoms with Crippen molar-refractivity contribution in [3.05, 3.63) is 44.8 Å². The molecule has 0 saturated heterocycles. The van der Waals surface area contributed by atoms with Crippen LogP contribution in [0.3, 0.4) is 0 Å². The SMILES string of the molecule is CCOC(=O)c1c(NC(=O)CNc2cc(Cl)ccc2C(=O)N(C)C)sc2c1CCC2. The summed E-state index contributed by atoms with van der Waals surface area (Å²) in [5, 5.41) is 6.77. The first kappa shape index (κ1) is 22.1. The molecule has 0 atom stereocenters. The van der Waals surface area contributed by atoms with Crippen LogP contribution in [-0.4, -0.2) is 49.9 Å². The molecule has 2 N–H and O–H groups in total. The minimum atomic E-state index is -0.408. The van der Waals surface area contributed by atoms with Crippen molar-refractivity contribution in [1.82, 2.24) is 4.90 Å². The van der Waals surface area contributed by atoms with Gasteiger partial charge in [0, 0.05) is 29.7 Å². The number of carbonyl (C=O) groups excluding carboxylic acids is 3. The molecule has 0 radical (unpaired) electrons. The Kier molecular flexibility index (Phi) is 6.99. The molecule has 0 spiro atoms. The lowest BCUT2D eigenvalue weighted by Gasteiger charge is -2.16. The standard InChI is InChI=1S/C21H24ClN3O4S/c1-4-29-21(28)18-14-6-5-7-16(14)30-19(18)24-17(26)11-23-15-10-12(22)8-9-13(15)20(27)25(2)3/h8-10,23H,4-7,11H2,1-3H3,(H,24,26). The van der Waals surface area contributed by atoms with Gasteiger partial charge in [0.05, 0.1) is 24.3 Å². The molecule has 0 saturated carbocycles. The zero-order valence-corrected chi connectivity index (χ0v) is 18.7. The van der Waals surface area contributed by atoms with Crippen LogP contribution in [0.1, 0.15) is 44.5 Å². The van der Waals surface area contributed by atoms with Gasteiger partial charge in [-0.1, -0.05) is 11.6 Å². The fourth-order valence-corrected chi connectivity index (χ4v) is 4.81. The summed E-state index contributed by atoms with van der Waals surface area (Å²) in [7, 11) is 3.31. The Labute approximate surface area is 184 Å². The summed E-state index contributed by atoms with van der Waals surface area (Å²) >= 11 is 7.48. The van der Waals surface area contributed by atoms with E-state index >= 15 is 0 Å². The number of rotatable bonds is 7. The second-order valence-corrected chi connectivity index (χ2v) is 8.61. The second-order valence-electron chi connectivity index (χ2n) is 7.07. The van der Waals surface area contributed by atoms with E-state index in [1.807, 2.05) is 0 Å². The lowest BCUT2D eigenvalue weighted by molar-refractivity contribution is -0.114. The highest BCUT2D eigenvalue weighted by Gasteiger charge is 2.28. The minimum Gasteiger partial charge on any atom is -0.462 e. The van der Waals surface area contributed by atoms with Gasteiger partial charge in [-0.2, -0.15) is 0 Å². The molecule has 0 aliphatic heterocycles. The molecule has 1 aromatic heterocycles. The number of nitrogens with zero attached hydrogens (tertiary/aromatic N) is 1. The fourth-order valence-electron chi connectivity index (χ4n) is 3.35. The van der Waals surface area contributed by atoms with Crippen molar-refractivity contribution in [2.45, 2.75) is 26.2 Å². The predicted molar refractivity (Wildman–Crippen MR) is 119 cm³/mol. The molecule has 30 heavy (non-hydrogen) atoms. The number of carbonyl (C=O) groups is 3.